The average molecular weight is 794 g/mol. The van der Waals surface area contributed by atoms with Crippen molar-refractivity contribution in [3.63, 3.8) is 0 Å². The molecule has 2 aromatic heterocycles. The molecule has 61 heavy (non-hydrogen) atoms. The predicted octanol–water partition coefficient (Wildman–Crippen LogP) is 15.7. The van der Waals surface area contributed by atoms with Crippen LogP contribution in [0.15, 0.2) is 212 Å². The van der Waals surface area contributed by atoms with Gasteiger partial charge in [0.1, 0.15) is 0 Å². The van der Waals surface area contributed by atoms with Gasteiger partial charge in [0.25, 0.3) is 0 Å². The van der Waals surface area contributed by atoms with Crippen molar-refractivity contribution >= 4 is 63.8 Å². The van der Waals surface area contributed by atoms with Crippen molar-refractivity contribution in [2.45, 2.75) is 0 Å². The molecule has 10 aromatic carbocycles. The van der Waals surface area contributed by atoms with E-state index in [2.05, 4.69) is 206 Å². The van der Waals surface area contributed by atoms with Gasteiger partial charge in [-0.2, -0.15) is 0 Å². The number of nitrogens with zero attached hydrogens (tertiary/aromatic N) is 3. The Kier molecular flexibility index (Phi) is 8.36. The Labute approximate surface area is 356 Å². The van der Waals surface area contributed by atoms with Gasteiger partial charge in [-0.1, -0.05) is 188 Å². The summed E-state index contributed by atoms with van der Waals surface area (Å²) in [5, 5.41) is 9.69. The van der Waals surface area contributed by atoms with Crippen LogP contribution in [0.25, 0.3) is 120 Å². The van der Waals surface area contributed by atoms with Crippen LogP contribution in [0.1, 0.15) is 0 Å². The summed E-state index contributed by atoms with van der Waals surface area (Å²) >= 11 is 1.79. The molecule has 0 N–H and O–H groups in total. The molecule has 0 aliphatic rings. The first-order chi connectivity index (χ1) is 30.2. The van der Waals surface area contributed by atoms with E-state index < -0.39 is 0 Å². The monoisotopic (exact) mass is 793 g/mol. The number of fused-ring (bicyclic) bond motifs is 6. The molecule has 12 aromatic rings. The van der Waals surface area contributed by atoms with Gasteiger partial charge in [-0.3, -0.25) is 0 Å². The van der Waals surface area contributed by atoms with Crippen molar-refractivity contribution in [1.82, 2.24) is 15.0 Å². The Morgan fingerprint density at radius 3 is 1.41 bits per heavy atom. The Hall–Kier alpha value is -7.79. The van der Waals surface area contributed by atoms with E-state index in [-0.39, 0.29) is 0 Å². The van der Waals surface area contributed by atoms with Crippen LogP contribution in [0, 0.1) is 0 Å². The van der Waals surface area contributed by atoms with E-state index in [9.17, 15) is 0 Å². The number of benzene rings is 10. The van der Waals surface area contributed by atoms with Crippen molar-refractivity contribution in [2.24, 2.45) is 0 Å². The van der Waals surface area contributed by atoms with E-state index in [1.54, 1.807) is 11.3 Å². The maximum absolute atomic E-state index is 5.28. The molecule has 0 saturated carbocycles. The molecule has 2 heterocycles. The van der Waals surface area contributed by atoms with Crippen LogP contribution >= 0.6 is 11.3 Å². The smallest absolute Gasteiger partial charge is 0.165 e. The molecule has 0 bridgehead atoms. The number of hydrogen-bond acceptors (Lipinski definition) is 4. The second kappa shape index (κ2) is 14.5. The number of rotatable bonds is 6. The normalized spacial score (nSPS) is 11.6. The van der Waals surface area contributed by atoms with Gasteiger partial charge in [0.05, 0.1) is 0 Å². The lowest BCUT2D eigenvalue weighted by Crippen LogP contribution is -2.00. The molecule has 12 rings (SSSR count). The topological polar surface area (TPSA) is 38.7 Å². The van der Waals surface area contributed by atoms with Crippen molar-refractivity contribution < 1.29 is 0 Å². The van der Waals surface area contributed by atoms with Crippen molar-refractivity contribution in [3.8, 4) is 67.5 Å². The molecule has 0 aliphatic heterocycles. The summed E-state index contributed by atoms with van der Waals surface area (Å²) in [6.07, 6.45) is 0. The molecular weight excluding hydrogens is 759 g/mol. The third-order valence-corrected chi connectivity index (χ3v) is 13.1. The summed E-state index contributed by atoms with van der Waals surface area (Å²) in [5.41, 5.74) is 10.1. The van der Waals surface area contributed by atoms with Gasteiger partial charge in [0.2, 0.25) is 0 Å². The van der Waals surface area contributed by atoms with Crippen LogP contribution in [0.2, 0.25) is 0 Å². The van der Waals surface area contributed by atoms with Crippen LogP contribution in [0.5, 0.6) is 0 Å². The van der Waals surface area contributed by atoms with Gasteiger partial charge in [0, 0.05) is 36.9 Å². The fourth-order valence-electron chi connectivity index (χ4n) is 9.02. The SMILES string of the molecule is c1ccc(-c2ccc(-c3nc(-c4ccc5ccc(-c6c7ccccc7c(-c7ccccc7)c7ccccc67)cc5c4)nc(-c4cccc5c4sc4ccccc45)n3)cc2)cc1. The lowest BCUT2D eigenvalue weighted by atomic mass is 9.85. The number of hydrogen-bond donors (Lipinski definition) is 0. The summed E-state index contributed by atoms with van der Waals surface area (Å²) in [4.78, 5) is 15.7. The first-order valence-corrected chi connectivity index (χ1v) is 21.4. The molecule has 3 nitrogen and oxygen atoms in total. The summed E-state index contributed by atoms with van der Waals surface area (Å²) in [6.45, 7) is 0. The fraction of sp³-hybridized carbons (Fsp3) is 0. The standard InChI is InChI=1S/C57H35N3S/c1-3-14-36(15-4-1)37-26-30-40(31-27-37)55-58-56(60-57(59-55)50-24-13-23-49-44-18-11-12-25-51(44)61-54(49)50)42-33-29-38-28-32-41(34-43(38)35-42)53-47-21-9-7-19-45(47)52(39-16-5-2-6-17-39)46-20-8-10-22-48(46)53/h1-35H. The maximum Gasteiger partial charge on any atom is 0.165 e. The highest BCUT2D eigenvalue weighted by atomic mass is 32.1. The van der Waals surface area contributed by atoms with Gasteiger partial charge in [-0.15, -0.1) is 11.3 Å². The van der Waals surface area contributed by atoms with Crippen LogP contribution in [0.3, 0.4) is 0 Å². The minimum atomic E-state index is 0.640. The van der Waals surface area contributed by atoms with Crippen LogP contribution < -0.4 is 0 Å². The zero-order chi connectivity index (χ0) is 40.3. The van der Waals surface area contributed by atoms with Gasteiger partial charge in [0.15, 0.2) is 17.5 Å². The highest BCUT2D eigenvalue weighted by molar-refractivity contribution is 7.26. The van der Waals surface area contributed by atoms with Crippen LogP contribution in [-0.4, -0.2) is 15.0 Å². The highest BCUT2D eigenvalue weighted by Crippen LogP contribution is 2.45. The number of aromatic nitrogens is 3. The molecule has 0 unspecified atom stereocenters. The average Bonchev–Trinajstić information content (AvgIpc) is 3.72. The lowest BCUT2D eigenvalue weighted by Gasteiger charge is -2.18. The molecule has 0 aliphatic carbocycles. The van der Waals surface area contributed by atoms with Gasteiger partial charge < -0.3 is 0 Å². The second-order valence-electron chi connectivity index (χ2n) is 15.5. The van der Waals surface area contributed by atoms with Crippen molar-refractivity contribution in [3.05, 3.63) is 212 Å². The molecule has 0 radical (unpaired) electrons. The van der Waals surface area contributed by atoms with E-state index in [1.165, 1.54) is 69.5 Å². The van der Waals surface area contributed by atoms with Crippen molar-refractivity contribution in [2.75, 3.05) is 0 Å². The van der Waals surface area contributed by atoms with E-state index >= 15 is 0 Å². The summed E-state index contributed by atoms with van der Waals surface area (Å²) in [6, 6.07) is 75.9. The minimum absolute atomic E-state index is 0.640. The molecule has 0 amide bonds. The molecule has 4 heteroatoms. The summed E-state index contributed by atoms with van der Waals surface area (Å²) < 4.78 is 2.42. The maximum atomic E-state index is 5.28. The molecular formula is C57H35N3S. The Balaban J connectivity index is 1.04. The molecule has 0 spiro atoms. The fourth-order valence-corrected chi connectivity index (χ4v) is 10.2. The first-order valence-electron chi connectivity index (χ1n) is 20.6. The van der Waals surface area contributed by atoms with Crippen LogP contribution in [0.4, 0.5) is 0 Å². The van der Waals surface area contributed by atoms with Gasteiger partial charge >= 0.3 is 0 Å². The minimum Gasteiger partial charge on any atom is -0.208 e. The highest BCUT2D eigenvalue weighted by Gasteiger charge is 2.19. The van der Waals surface area contributed by atoms with Crippen molar-refractivity contribution in [1.29, 1.82) is 0 Å². The first kappa shape index (κ1) is 35.2. The second-order valence-corrected chi connectivity index (χ2v) is 16.6. The van der Waals surface area contributed by atoms with E-state index in [1.807, 2.05) is 6.07 Å². The van der Waals surface area contributed by atoms with E-state index in [0.717, 1.165) is 33.0 Å². The Morgan fingerprint density at radius 1 is 0.279 bits per heavy atom. The van der Waals surface area contributed by atoms with E-state index in [4.69, 9.17) is 15.0 Å². The summed E-state index contributed by atoms with van der Waals surface area (Å²) in [7, 11) is 0. The quantitative estimate of drug-likeness (QED) is 0.157. The van der Waals surface area contributed by atoms with E-state index in [0.29, 0.717) is 17.5 Å². The largest absolute Gasteiger partial charge is 0.208 e. The third-order valence-electron chi connectivity index (χ3n) is 11.9. The Bertz CT molecular complexity index is 3570. The van der Waals surface area contributed by atoms with Gasteiger partial charge in [-0.25, -0.2) is 15.0 Å². The molecule has 284 valence electrons. The lowest BCUT2D eigenvalue weighted by molar-refractivity contribution is 1.08. The Morgan fingerprint density at radius 2 is 0.738 bits per heavy atom. The molecule has 0 fully saturated rings. The zero-order valence-electron chi connectivity index (χ0n) is 33.0. The number of thiophene rings is 1. The zero-order valence-corrected chi connectivity index (χ0v) is 33.8. The third kappa shape index (κ3) is 6.07. The molecule has 0 atom stereocenters. The molecule has 0 saturated heterocycles. The van der Waals surface area contributed by atoms with Crippen LogP contribution in [-0.2, 0) is 0 Å². The predicted molar refractivity (Wildman–Crippen MR) is 258 cm³/mol. The summed E-state index contributed by atoms with van der Waals surface area (Å²) in [5.74, 6) is 1.94. The van der Waals surface area contributed by atoms with Gasteiger partial charge in [-0.05, 0) is 90.0 Å².